The first kappa shape index (κ1) is 20.3. The molecule has 142 valence electrons. The quantitative estimate of drug-likeness (QED) is 0.425. The van der Waals surface area contributed by atoms with Crippen molar-refractivity contribution < 1.29 is 23.9 Å². The van der Waals surface area contributed by atoms with Crippen LogP contribution in [0.1, 0.15) is 11.1 Å². The second kappa shape index (κ2) is 10.2. The molecule has 0 radical (unpaired) electrons. The average Bonchev–Trinajstić information content (AvgIpc) is 2.66. The Morgan fingerprint density at radius 3 is 2.56 bits per heavy atom. The number of hydrogen-bond donors (Lipinski definition) is 1. The molecule has 2 rings (SSSR count). The van der Waals surface area contributed by atoms with Crippen molar-refractivity contribution in [2.75, 3.05) is 25.6 Å². The molecule has 0 heterocycles. The Labute approximate surface area is 161 Å². The van der Waals surface area contributed by atoms with Crippen molar-refractivity contribution in [2.24, 2.45) is 5.16 Å². The SMILES string of the molecule is COc1ccc(/C=N\OCC(=O)OCC(=O)Nc2ccc(Cl)cc2C)cc1. The van der Waals surface area contributed by atoms with E-state index in [1.54, 1.807) is 49.6 Å². The average molecular weight is 391 g/mol. The molecule has 0 fully saturated rings. The minimum Gasteiger partial charge on any atom is -0.497 e. The van der Waals surface area contributed by atoms with Gasteiger partial charge in [-0.1, -0.05) is 16.8 Å². The molecule has 0 aliphatic rings. The molecule has 0 bridgehead atoms. The summed E-state index contributed by atoms with van der Waals surface area (Å²) in [5.41, 5.74) is 2.18. The summed E-state index contributed by atoms with van der Waals surface area (Å²) >= 11 is 5.86. The molecule has 1 amide bonds. The van der Waals surface area contributed by atoms with E-state index in [1.807, 2.05) is 6.92 Å². The zero-order chi connectivity index (χ0) is 19.6. The number of ether oxygens (including phenoxy) is 2. The highest BCUT2D eigenvalue weighted by molar-refractivity contribution is 6.30. The number of amides is 1. The molecule has 0 saturated heterocycles. The lowest BCUT2D eigenvalue weighted by molar-refractivity contribution is -0.151. The molecule has 1 N–H and O–H groups in total. The van der Waals surface area contributed by atoms with Crippen LogP contribution in [0.2, 0.25) is 5.02 Å². The third-order valence-corrected chi connectivity index (χ3v) is 3.64. The van der Waals surface area contributed by atoms with E-state index >= 15 is 0 Å². The molecule has 0 aromatic heterocycles. The molecule has 7 nitrogen and oxygen atoms in total. The van der Waals surface area contributed by atoms with E-state index < -0.39 is 25.1 Å². The number of benzene rings is 2. The first-order valence-electron chi connectivity index (χ1n) is 7.99. The van der Waals surface area contributed by atoms with Gasteiger partial charge in [-0.3, -0.25) is 4.79 Å². The van der Waals surface area contributed by atoms with Crippen molar-refractivity contribution in [3.8, 4) is 5.75 Å². The van der Waals surface area contributed by atoms with Gasteiger partial charge in [0.25, 0.3) is 5.91 Å². The highest BCUT2D eigenvalue weighted by Gasteiger charge is 2.09. The minimum absolute atomic E-state index is 0.403. The summed E-state index contributed by atoms with van der Waals surface area (Å²) in [5, 5.41) is 6.88. The minimum atomic E-state index is -0.704. The number of methoxy groups -OCH3 is 1. The van der Waals surface area contributed by atoms with Crippen LogP contribution in [0.3, 0.4) is 0 Å². The Balaban J connectivity index is 1.69. The lowest BCUT2D eigenvalue weighted by Gasteiger charge is -2.09. The van der Waals surface area contributed by atoms with Crippen LogP contribution in [0.5, 0.6) is 5.75 Å². The summed E-state index contributed by atoms with van der Waals surface area (Å²) in [5.74, 6) is -0.441. The number of nitrogens with one attached hydrogen (secondary N) is 1. The number of oxime groups is 1. The third kappa shape index (κ3) is 6.99. The monoisotopic (exact) mass is 390 g/mol. The Morgan fingerprint density at radius 1 is 1.15 bits per heavy atom. The molecule has 0 spiro atoms. The standard InChI is InChI=1S/C19H19ClN2O5/c1-13-9-15(20)5-8-17(13)22-18(23)11-26-19(24)12-27-21-10-14-3-6-16(25-2)7-4-14/h3-10H,11-12H2,1-2H3,(H,22,23)/b21-10-. The van der Waals surface area contributed by atoms with Gasteiger partial charge in [0.05, 0.1) is 13.3 Å². The summed E-state index contributed by atoms with van der Waals surface area (Å²) in [6, 6.07) is 12.2. The van der Waals surface area contributed by atoms with Gasteiger partial charge in [-0.15, -0.1) is 0 Å². The van der Waals surface area contributed by atoms with Crippen molar-refractivity contribution in [3.05, 3.63) is 58.6 Å². The molecule has 0 saturated carbocycles. The van der Waals surface area contributed by atoms with Gasteiger partial charge in [-0.25, -0.2) is 4.79 Å². The number of esters is 1. The second-order valence-corrected chi connectivity index (χ2v) is 5.89. The van der Waals surface area contributed by atoms with Gasteiger partial charge in [-0.05, 0) is 60.5 Å². The Bertz CT molecular complexity index is 821. The molecule has 2 aromatic rings. The van der Waals surface area contributed by atoms with E-state index in [1.165, 1.54) is 6.21 Å². The van der Waals surface area contributed by atoms with Crippen LogP contribution < -0.4 is 10.1 Å². The van der Waals surface area contributed by atoms with Gasteiger partial charge in [-0.2, -0.15) is 0 Å². The summed E-state index contributed by atoms with van der Waals surface area (Å²) in [6.07, 6.45) is 1.45. The van der Waals surface area contributed by atoms with Crippen LogP contribution in [0.25, 0.3) is 0 Å². The molecular weight excluding hydrogens is 372 g/mol. The fraction of sp³-hybridized carbons (Fsp3) is 0.211. The van der Waals surface area contributed by atoms with E-state index in [0.717, 1.165) is 16.9 Å². The van der Waals surface area contributed by atoms with Gasteiger partial charge in [0, 0.05) is 10.7 Å². The summed E-state index contributed by atoms with van der Waals surface area (Å²) < 4.78 is 9.88. The zero-order valence-corrected chi connectivity index (χ0v) is 15.7. The second-order valence-electron chi connectivity index (χ2n) is 5.45. The third-order valence-electron chi connectivity index (χ3n) is 3.40. The number of rotatable bonds is 8. The number of carbonyl (C=O) groups is 2. The predicted octanol–water partition coefficient (Wildman–Crippen LogP) is 3.19. The van der Waals surface area contributed by atoms with Crippen molar-refractivity contribution >= 4 is 35.4 Å². The summed E-state index contributed by atoms with van der Waals surface area (Å²) in [6.45, 7) is 0.981. The van der Waals surface area contributed by atoms with Crippen molar-refractivity contribution in [3.63, 3.8) is 0 Å². The first-order chi connectivity index (χ1) is 13.0. The van der Waals surface area contributed by atoms with Crippen LogP contribution in [0.15, 0.2) is 47.6 Å². The van der Waals surface area contributed by atoms with Gasteiger partial charge in [0.1, 0.15) is 5.75 Å². The Morgan fingerprint density at radius 2 is 1.89 bits per heavy atom. The summed E-state index contributed by atoms with van der Waals surface area (Å²) in [7, 11) is 1.58. The van der Waals surface area contributed by atoms with E-state index in [4.69, 9.17) is 25.9 Å². The number of aryl methyl sites for hydroxylation is 1. The van der Waals surface area contributed by atoms with E-state index in [0.29, 0.717) is 10.7 Å². The number of nitrogens with zero attached hydrogens (tertiary/aromatic N) is 1. The normalized spacial score (nSPS) is 10.5. The molecule has 27 heavy (non-hydrogen) atoms. The van der Waals surface area contributed by atoms with Crippen LogP contribution in [-0.4, -0.2) is 38.4 Å². The molecule has 0 aliphatic heterocycles. The predicted molar refractivity (Wildman–Crippen MR) is 102 cm³/mol. The number of hydrogen-bond acceptors (Lipinski definition) is 6. The van der Waals surface area contributed by atoms with Crippen molar-refractivity contribution in [1.82, 2.24) is 0 Å². The molecule has 0 aliphatic carbocycles. The number of carbonyl (C=O) groups excluding carboxylic acids is 2. The summed E-state index contributed by atoms with van der Waals surface area (Å²) in [4.78, 5) is 28.2. The fourth-order valence-electron chi connectivity index (χ4n) is 2.02. The lowest BCUT2D eigenvalue weighted by Crippen LogP contribution is -2.22. The van der Waals surface area contributed by atoms with Gasteiger partial charge < -0.3 is 19.6 Å². The maximum atomic E-state index is 11.8. The van der Waals surface area contributed by atoms with E-state index in [9.17, 15) is 9.59 Å². The van der Waals surface area contributed by atoms with E-state index in [-0.39, 0.29) is 0 Å². The maximum Gasteiger partial charge on any atom is 0.347 e. The van der Waals surface area contributed by atoms with Crippen molar-refractivity contribution in [2.45, 2.75) is 6.92 Å². The van der Waals surface area contributed by atoms with Crippen LogP contribution in [0.4, 0.5) is 5.69 Å². The molecule has 2 aromatic carbocycles. The van der Waals surface area contributed by atoms with Crippen LogP contribution in [-0.2, 0) is 19.2 Å². The first-order valence-corrected chi connectivity index (χ1v) is 8.36. The zero-order valence-electron chi connectivity index (χ0n) is 14.9. The molecule has 0 unspecified atom stereocenters. The lowest BCUT2D eigenvalue weighted by atomic mass is 10.2. The van der Waals surface area contributed by atoms with Crippen LogP contribution in [0, 0.1) is 6.92 Å². The molecule has 8 heteroatoms. The van der Waals surface area contributed by atoms with Gasteiger partial charge in [0.2, 0.25) is 6.61 Å². The fourth-order valence-corrected chi connectivity index (χ4v) is 2.25. The topological polar surface area (TPSA) is 86.2 Å². The highest BCUT2D eigenvalue weighted by atomic mass is 35.5. The number of anilines is 1. The highest BCUT2D eigenvalue weighted by Crippen LogP contribution is 2.19. The molecule has 0 atom stereocenters. The van der Waals surface area contributed by atoms with Crippen LogP contribution >= 0.6 is 11.6 Å². The van der Waals surface area contributed by atoms with E-state index in [2.05, 4.69) is 10.5 Å². The molecular formula is C19H19ClN2O5. The van der Waals surface area contributed by atoms with Gasteiger partial charge in [0.15, 0.2) is 6.61 Å². The Hall–Kier alpha value is -3.06. The largest absolute Gasteiger partial charge is 0.497 e. The van der Waals surface area contributed by atoms with Crippen molar-refractivity contribution in [1.29, 1.82) is 0 Å². The smallest absolute Gasteiger partial charge is 0.347 e. The number of halogens is 1. The van der Waals surface area contributed by atoms with Gasteiger partial charge >= 0.3 is 5.97 Å². The Kier molecular flexibility index (Phi) is 7.63. The maximum absolute atomic E-state index is 11.8.